The lowest BCUT2D eigenvalue weighted by atomic mass is 10.0. The van der Waals surface area contributed by atoms with Crippen LogP contribution in [-0.4, -0.2) is 13.0 Å². The van der Waals surface area contributed by atoms with Crippen LogP contribution in [0.5, 0.6) is 0 Å². The first kappa shape index (κ1) is 22.5. The Balaban J connectivity index is 2.13. The summed E-state index contributed by atoms with van der Waals surface area (Å²) in [6.07, 6.45) is 15.8. The zero-order valence-electron chi connectivity index (χ0n) is 15.5. The third-order valence-corrected chi connectivity index (χ3v) is 5.79. The van der Waals surface area contributed by atoms with E-state index in [4.69, 9.17) is 11.6 Å². The van der Waals surface area contributed by atoms with Crippen LogP contribution in [0.1, 0.15) is 89.5 Å². The van der Waals surface area contributed by atoms with Crippen LogP contribution in [0, 0.1) is 0 Å². The monoisotopic (exact) mass is 388 g/mol. The summed E-state index contributed by atoms with van der Waals surface area (Å²) in [5.74, 6) is 0. The van der Waals surface area contributed by atoms with E-state index in [1.54, 1.807) is 6.07 Å². The largest absolute Gasteiger partial charge is 0.294 e. The molecule has 0 atom stereocenters. The highest BCUT2D eigenvalue weighted by Gasteiger charge is 2.15. The molecule has 1 aromatic rings. The molecule has 0 aromatic heterocycles. The number of unbranched alkanes of at least 4 members (excludes halogenated alkanes) is 11. The highest BCUT2D eigenvalue weighted by Crippen LogP contribution is 2.22. The molecule has 1 N–H and O–H groups in total. The molecule has 144 valence electrons. The van der Waals surface area contributed by atoms with E-state index in [1.807, 2.05) is 0 Å². The van der Waals surface area contributed by atoms with E-state index >= 15 is 0 Å². The minimum atomic E-state index is -4.18. The number of hydrogen-bond donors (Lipinski definition) is 1. The van der Waals surface area contributed by atoms with Crippen molar-refractivity contribution >= 4 is 21.7 Å². The first-order valence-electron chi connectivity index (χ1n) is 9.71. The molecule has 1 rings (SSSR count). The topological polar surface area (TPSA) is 54.4 Å². The third kappa shape index (κ3) is 10.2. The van der Waals surface area contributed by atoms with Crippen LogP contribution < -0.4 is 0 Å². The van der Waals surface area contributed by atoms with Crippen molar-refractivity contribution in [2.45, 2.75) is 95.3 Å². The molecule has 0 unspecified atom stereocenters. The van der Waals surface area contributed by atoms with Gasteiger partial charge in [-0.25, -0.2) is 0 Å². The van der Waals surface area contributed by atoms with E-state index in [0.717, 1.165) is 12.8 Å². The second-order valence-electron chi connectivity index (χ2n) is 6.87. The average molecular weight is 389 g/mol. The summed E-state index contributed by atoms with van der Waals surface area (Å²) in [6.45, 7) is 2.25. The van der Waals surface area contributed by atoms with Gasteiger partial charge in [-0.2, -0.15) is 8.42 Å². The Morgan fingerprint density at radius 2 is 1.32 bits per heavy atom. The van der Waals surface area contributed by atoms with Crippen LogP contribution in [0.2, 0.25) is 5.02 Å². The van der Waals surface area contributed by atoms with E-state index in [9.17, 15) is 13.0 Å². The summed E-state index contributed by atoms with van der Waals surface area (Å²) >= 11 is 5.94. The van der Waals surface area contributed by atoms with Crippen LogP contribution in [0.4, 0.5) is 0 Å². The zero-order chi connectivity index (χ0) is 18.5. The van der Waals surface area contributed by atoms with E-state index in [1.165, 1.54) is 76.3 Å². The number of halogens is 1. The Bertz CT molecular complexity index is 585. The van der Waals surface area contributed by atoms with E-state index in [2.05, 4.69) is 6.92 Å². The lowest BCUT2D eigenvalue weighted by molar-refractivity contribution is 0.481. The second-order valence-corrected chi connectivity index (χ2v) is 8.69. The van der Waals surface area contributed by atoms with E-state index in [-0.39, 0.29) is 4.90 Å². The number of rotatable bonds is 14. The molecule has 0 saturated carbocycles. The summed E-state index contributed by atoms with van der Waals surface area (Å²) in [4.78, 5) is -0.0139. The van der Waals surface area contributed by atoms with Crippen molar-refractivity contribution in [3.8, 4) is 0 Å². The molecular formula is C20H33ClO3S. The Kier molecular flexibility index (Phi) is 11.4. The first-order valence-corrected chi connectivity index (χ1v) is 11.5. The SMILES string of the molecule is CCCCCCCCCCCCCCc1cc(Cl)ccc1S(=O)(=O)O. The van der Waals surface area contributed by atoms with Gasteiger partial charge in [0.2, 0.25) is 0 Å². The van der Waals surface area contributed by atoms with Gasteiger partial charge >= 0.3 is 0 Å². The van der Waals surface area contributed by atoms with Gasteiger partial charge in [-0.1, -0.05) is 89.2 Å². The lowest BCUT2D eigenvalue weighted by Crippen LogP contribution is -2.03. The number of aryl methyl sites for hydroxylation is 1. The van der Waals surface area contributed by atoms with Gasteiger partial charge in [0.05, 0.1) is 4.90 Å². The van der Waals surface area contributed by atoms with Gasteiger partial charge < -0.3 is 0 Å². The molecule has 0 amide bonds. The van der Waals surface area contributed by atoms with Gasteiger partial charge in [-0.05, 0) is 36.6 Å². The molecule has 0 bridgehead atoms. The maximum Gasteiger partial charge on any atom is 0.294 e. The van der Waals surface area contributed by atoms with E-state index in [0.29, 0.717) is 17.0 Å². The van der Waals surface area contributed by atoms with Gasteiger partial charge in [0.25, 0.3) is 10.1 Å². The first-order chi connectivity index (χ1) is 11.9. The summed E-state index contributed by atoms with van der Waals surface area (Å²) in [5.41, 5.74) is 0.613. The maximum absolute atomic E-state index is 11.4. The summed E-state index contributed by atoms with van der Waals surface area (Å²) < 4.78 is 32.1. The second kappa shape index (κ2) is 12.7. The molecular weight excluding hydrogens is 356 g/mol. The van der Waals surface area contributed by atoms with Crippen LogP contribution >= 0.6 is 11.6 Å². The molecule has 0 heterocycles. The minimum Gasteiger partial charge on any atom is -0.282 e. The predicted octanol–water partition coefficient (Wildman–Crippen LogP) is 6.83. The molecule has 0 spiro atoms. The predicted molar refractivity (Wildman–Crippen MR) is 106 cm³/mol. The van der Waals surface area contributed by atoms with Gasteiger partial charge in [0.15, 0.2) is 0 Å². The Morgan fingerprint density at radius 1 is 0.840 bits per heavy atom. The molecule has 0 aliphatic heterocycles. The highest BCUT2D eigenvalue weighted by atomic mass is 35.5. The van der Waals surface area contributed by atoms with Crippen molar-refractivity contribution in [2.24, 2.45) is 0 Å². The normalized spacial score (nSPS) is 11.8. The fraction of sp³-hybridized carbons (Fsp3) is 0.700. The van der Waals surface area contributed by atoms with Crippen molar-refractivity contribution in [1.82, 2.24) is 0 Å². The number of hydrogen-bond acceptors (Lipinski definition) is 2. The van der Waals surface area contributed by atoms with Gasteiger partial charge in [-0.15, -0.1) is 0 Å². The van der Waals surface area contributed by atoms with Crippen LogP contribution in [0.3, 0.4) is 0 Å². The van der Waals surface area contributed by atoms with E-state index < -0.39 is 10.1 Å². The molecule has 5 heteroatoms. The average Bonchev–Trinajstić information content (AvgIpc) is 2.55. The van der Waals surface area contributed by atoms with Crippen molar-refractivity contribution in [1.29, 1.82) is 0 Å². The fourth-order valence-corrected chi connectivity index (χ4v) is 4.08. The Hall–Kier alpha value is -0.580. The van der Waals surface area contributed by atoms with Crippen molar-refractivity contribution in [3.63, 3.8) is 0 Å². The molecule has 0 aliphatic rings. The molecule has 0 saturated heterocycles. The highest BCUT2D eigenvalue weighted by molar-refractivity contribution is 7.85. The molecule has 3 nitrogen and oxygen atoms in total. The Labute approximate surface area is 158 Å². The molecule has 0 fully saturated rings. The van der Waals surface area contributed by atoms with Crippen molar-refractivity contribution in [3.05, 3.63) is 28.8 Å². The third-order valence-electron chi connectivity index (χ3n) is 4.60. The van der Waals surface area contributed by atoms with Crippen LogP contribution in [0.25, 0.3) is 0 Å². The zero-order valence-corrected chi connectivity index (χ0v) is 17.0. The molecule has 25 heavy (non-hydrogen) atoms. The maximum atomic E-state index is 11.4. The smallest absolute Gasteiger partial charge is 0.282 e. The Morgan fingerprint density at radius 3 is 1.80 bits per heavy atom. The van der Waals surface area contributed by atoms with Gasteiger partial charge in [0, 0.05) is 5.02 Å². The van der Waals surface area contributed by atoms with Crippen molar-refractivity contribution < 1.29 is 13.0 Å². The molecule has 0 aliphatic carbocycles. The molecule has 0 radical (unpaired) electrons. The summed E-state index contributed by atoms with van der Waals surface area (Å²) in [5, 5.41) is 0.501. The van der Waals surface area contributed by atoms with Gasteiger partial charge in [-0.3, -0.25) is 4.55 Å². The lowest BCUT2D eigenvalue weighted by Gasteiger charge is -2.08. The number of benzene rings is 1. The van der Waals surface area contributed by atoms with Crippen LogP contribution in [-0.2, 0) is 16.5 Å². The standard InChI is InChI=1S/C20H33ClO3S/c1-2-3-4-5-6-7-8-9-10-11-12-13-14-18-17-19(21)15-16-20(18)25(22,23)24/h15-17H,2-14H2,1H3,(H,22,23,24). The summed E-state index contributed by atoms with van der Waals surface area (Å²) in [7, 11) is -4.18. The minimum absolute atomic E-state index is 0.0139. The fourth-order valence-electron chi connectivity index (χ4n) is 3.15. The van der Waals surface area contributed by atoms with Gasteiger partial charge in [0.1, 0.15) is 0 Å². The van der Waals surface area contributed by atoms with Crippen molar-refractivity contribution in [2.75, 3.05) is 0 Å². The quantitative estimate of drug-likeness (QED) is 0.280. The summed E-state index contributed by atoms with van der Waals surface area (Å²) in [6, 6.07) is 4.52. The van der Waals surface area contributed by atoms with Crippen LogP contribution in [0.15, 0.2) is 23.1 Å². The molecule has 1 aromatic carbocycles.